The van der Waals surface area contributed by atoms with Gasteiger partial charge in [0.25, 0.3) is 10.0 Å². The van der Waals surface area contributed by atoms with Crippen molar-refractivity contribution in [2.45, 2.75) is 31.8 Å². The van der Waals surface area contributed by atoms with Crippen molar-refractivity contribution in [3.8, 4) is 0 Å². The van der Waals surface area contributed by atoms with Gasteiger partial charge < -0.3 is 4.74 Å². The Labute approximate surface area is 163 Å². The number of hydrogen-bond acceptors (Lipinski definition) is 6. The number of hydrogen-bond donors (Lipinski definition) is 1. The minimum absolute atomic E-state index is 0.0840. The maximum Gasteiger partial charge on any atom is 0.328 e. The van der Waals surface area contributed by atoms with Gasteiger partial charge in [-0.3, -0.25) is 19.3 Å². The number of carbonyl (C=O) groups excluding carboxylic acids is 2. The van der Waals surface area contributed by atoms with E-state index in [0.717, 1.165) is 11.1 Å². The number of esters is 1. The second kappa shape index (κ2) is 7.55. The summed E-state index contributed by atoms with van der Waals surface area (Å²) in [6, 6.07) is 11.6. The number of amidine groups is 1. The molecule has 0 spiro atoms. The summed E-state index contributed by atoms with van der Waals surface area (Å²) in [7, 11) is -3.67. The van der Waals surface area contributed by atoms with Crippen LogP contribution in [0.25, 0.3) is 0 Å². The molecule has 7 nitrogen and oxygen atoms in total. The molecule has 0 amide bonds. The zero-order valence-corrected chi connectivity index (χ0v) is 16.5. The molecule has 0 radical (unpaired) electrons. The fourth-order valence-electron chi connectivity index (χ4n) is 2.81. The molecule has 0 bridgehead atoms. The van der Waals surface area contributed by atoms with Gasteiger partial charge in [-0.15, -0.1) is 0 Å². The second-order valence-electron chi connectivity index (χ2n) is 6.56. The van der Waals surface area contributed by atoms with Gasteiger partial charge >= 0.3 is 5.97 Å². The van der Waals surface area contributed by atoms with Crippen molar-refractivity contribution in [2.75, 3.05) is 6.54 Å². The van der Waals surface area contributed by atoms with Crippen molar-refractivity contribution >= 4 is 27.6 Å². The molecule has 0 saturated heterocycles. The number of rotatable bonds is 5. The highest BCUT2D eigenvalue weighted by molar-refractivity contribution is 7.90. The number of Topliss-reactive ketones (excluding diaryl/α,β-unsaturated/α-hetero) is 1. The Morgan fingerprint density at radius 1 is 1.11 bits per heavy atom. The van der Waals surface area contributed by atoms with Crippen LogP contribution in [0.1, 0.15) is 34.0 Å². The van der Waals surface area contributed by atoms with Gasteiger partial charge in [-0.05, 0) is 50.1 Å². The standard InChI is InChI=1S/C20H20N2O5S/c1-12-8-9-15(10-13(12)2)19(24)14(3)27-18(23)11-21-20-16-6-4-5-7-17(16)28(25,26)22-20/h4-10,14H,11H2,1-3H3,(H,21,22)/t14-/m0/s1. The molecule has 0 fully saturated rings. The molecule has 1 aliphatic heterocycles. The lowest BCUT2D eigenvalue weighted by atomic mass is 10.0. The van der Waals surface area contributed by atoms with E-state index in [0.29, 0.717) is 11.1 Å². The number of carbonyl (C=O) groups is 2. The largest absolute Gasteiger partial charge is 0.453 e. The molecule has 8 heteroatoms. The summed E-state index contributed by atoms with van der Waals surface area (Å²) in [5.41, 5.74) is 2.90. The van der Waals surface area contributed by atoms with Crippen molar-refractivity contribution in [1.29, 1.82) is 0 Å². The number of nitrogens with zero attached hydrogens (tertiary/aromatic N) is 1. The average molecular weight is 400 g/mol. The fourth-order valence-corrected chi connectivity index (χ4v) is 4.06. The molecule has 146 valence electrons. The Bertz CT molecular complexity index is 1090. The van der Waals surface area contributed by atoms with Gasteiger partial charge in [-0.2, -0.15) is 0 Å². The van der Waals surface area contributed by atoms with Crippen LogP contribution in [0.5, 0.6) is 0 Å². The molecule has 0 unspecified atom stereocenters. The molecule has 1 N–H and O–H groups in total. The molecular formula is C20H20N2O5S. The van der Waals surface area contributed by atoms with E-state index in [-0.39, 0.29) is 16.5 Å². The van der Waals surface area contributed by atoms with Crippen LogP contribution < -0.4 is 4.72 Å². The fraction of sp³-hybridized carbons (Fsp3) is 0.250. The number of sulfonamides is 1. The maximum atomic E-state index is 12.4. The van der Waals surface area contributed by atoms with Crippen LogP contribution in [0.15, 0.2) is 52.4 Å². The van der Waals surface area contributed by atoms with Gasteiger partial charge in [-0.25, -0.2) is 8.42 Å². The van der Waals surface area contributed by atoms with Crippen LogP contribution >= 0.6 is 0 Å². The Morgan fingerprint density at radius 2 is 1.82 bits per heavy atom. The molecule has 28 heavy (non-hydrogen) atoms. The zero-order chi connectivity index (χ0) is 20.5. The van der Waals surface area contributed by atoms with Crippen LogP contribution in [0.3, 0.4) is 0 Å². The number of ether oxygens (including phenoxy) is 1. The summed E-state index contributed by atoms with van der Waals surface area (Å²) >= 11 is 0. The molecule has 1 heterocycles. The van der Waals surface area contributed by atoms with E-state index in [1.807, 2.05) is 19.9 Å². The van der Waals surface area contributed by atoms with Crippen LogP contribution in [-0.4, -0.2) is 38.7 Å². The summed E-state index contributed by atoms with van der Waals surface area (Å²) in [6.45, 7) is 4.94. The van der Waals surface area contributed by atoms with Crippen molar-refractivity contribution < 1.29 is 22.7 Å². The quantitative estimate of drug-likeness (QED) is 0.612. The van der Waals surface area contributed by atoms with E-state index in [4.69, 9.17) is 4.74 Å². The smallest absolute Gasteiger partial charge is 0.328 e. The molecule has 0 aromatic heterocycles. The van der Waals surface area contributed by atoms with Gasteiger partial charge in [0.05, 0.1) is 4.90 Å². The molecule has 2 aromatic carbocycles. The van der Waals surface area contributed by atoms with E-state index in [1.165, 1.54) is 13.0 Å². The first-order chi connectivity index (χ1) is 13.2. The second-order valence-corrected chi connectivity index (χ2v) is 8.21. The molecule has 3 rings (SSSR count). The minimum Gasteiger partial charge on any atom is -0.453 e. The molecular weight excluding hydrogens is 380 g/mol. The van der Waals surface area contributed by atoms with E-state index in [2.05, 4.69) is 9.71 Å². The summed E-state index contributed by atoms with van der Waals surface area (Å²) in [4.78, 5) is 28.7. The third-order valence-electron chi connectivity index (χ3n) is 4.50. The van der Waals surface area contributed by atoms with Crippen molar-refractivity contribution in [3.05, 3.63) is 64.7 Å². The molecule has 1 atom stereocenters. The van der Waals surface area contributed by atoms with Gasteiger partial charge in [0.2, 0.25) is 5.78 Å². The van der Waals surface area contributed by atoms with Crippen molar-refractivity contribution in [2.24, 2.45) is 4.99 Å². The van der Waals surface area contributed by atoms with Gasteiger partial charge in [0.15, 0.2) is 6.10 Å². The van der Waals surface area contributed by atoms with Crippen molar-refractivity contribution in [1.82, 2.24) is 4.72 Å². The topological polar surface area (TPSA) is 102 Å². The lowest BCUT2D eigenvalue weighted by Gasteiger charge is -2.12. The van der Waals surface area contributed by atoms with Gasteiger partial charge in [-0.1, -0.05) is 24.3 Å². The summed E-state index contributed by atoms with van der Waals surface area (Å²) < 4.78 is 31.5. The number of aryl methyl sites for hydroxylation is 2. The van der Waals surface area contributed by atoms with Gasteiger partial charge in [0.1, 0.15) is 12.4 Å². The zero-order valence-electron chi connectivity index (χ0n) is 15.7. The predicted molar refractivity (Wildman–Crippen MR) is 104 cm³/mol. The van der Waals surface area contributed by atoms with E-state index >= 15 is 0 Å². The summed E-state index contributed by atoms with van der Waals surface area (Å²) in [5, 5.41) is 0. The Kier molecular flexibility index (Phi) is 5.33. The lowest BCUT2D eigenvalue weighted by molar-refractivity contribution is -0.144. The van der Waals surface area contributed by atoms with Crippen LogP contribution in [0, 0.1) is 13.8 Å². The van der Waals surface area contributed by atoms with Gasteiger partial charge in [0, 0.05) is 11.1 Å². The molecule has 0 aliphatic carbocycles. The number of fused-ring (bicyclic) bond motifs is 1. The highest BCUT2D eigenvalue weighted by atomic mass is 32.2. The number of nitrogens with one attached hydrogen (secondary N) is 1. The highest BCUT2D eigenvalue weighted by Gasteiger charge is 2.30. The summed E-state index contributed by atoms with van der Waals surface area (Å²) in [6.07, 6.45) is -0.970. The van der Waals surface area contributed by atoms with Crippen LogP contribution in [0.4, 0.5) is 0 Å². The van der Waals surface area contributed by atoms with Crippen LogP contribution in [0.2, 0.25) is 0 Å². The van der Waals surface area contributed by atoms with E-state index in [9.17, 15) is 18.0 Å². The molecule has 1 aliphatic rings. The lowest BCUT2D eigenvalue weighted by Crippen LogP contribution is -2.27. The van der Waals surface area contributed by atoms with E-state index < -0.39 is 28.6 Å². The number of ketones is 1. The minimum atomic E-state index is -3.67. The number of aliphatic imine (C=N–C) groups is 1. The molecule has 2 aromatic rings. The first-order valence-electron chi connectivity index (χ1n) is 8.66. The van der Waals surface area contributed by atoms with E-state index in [1.54, 1.807) is 30.3 Å². The van der Waals surface area contributed by atoms with Crippen molar-refractivity contribution in [3.63, 3.8) is 0 Å². The highest BCUT2D eigenvalue weighted by Crippen LogP contribution is 2.22. The Morgan fingerprint density at radius 3 is 2.54 bits per heavy atom. The normalized spacial score (nSPS) is 16.9. The third-order valence-corrected chi connectivity index (χ3v) is 5.89. The third kappa shape index (κ3) is 3.96. The number of benzene rings is 2. The predicted octanol–water partition coefficient (Wildman–Crippen LogP) is 2.16. The maximum absolute atomic E-state index is 12.4. The summed E-state index contributed by atoms with van der Waals surface area (Å²) in [5.74, 6) is -0.947. The first kappa shape index (κ1) is 19.8. The Balaban J connectivity index is 1.67. The first-order valence-corrected chi connectivity index (χ1v) is 10.1. The van der Waals surface area contributed by atoms with Crippen LogP contribution in [-0.2, 0) is 19.6 Å². The molecule has 0 saturated carbocycles. The average Bonchev–Trinajstić information content (AvgIpc) is 2.92. The Hall–Kier alpha value is -3.00. The monoisotopic (exact) mass is 400 g/mol. The SMILES string of the molecule is Cc1ccc(C(=O)[C@H](C)OC(=O)CN=C2NS(=O)(=O)c3ccccc32)cc1C.